The third-order valence-corrected chi connectivity index (χ3v) is 6.41. The predicted molar refractivity (Wildman–Crippen MR) is 157 cm³/mol. The van der Waals surface area contributed by atoms with E-state index in [1.165, 1.54) is 15.3 Å². The van der Waals surface area contributed by atoms with Crippen molar-refractivity contribution >= 4 is 22.9 Å². The van der Waals surface area contributed by atoms with Gasteiger partial charge in [-0.2, -0.15) is 5.10 Å². The number of ether oxygens (including phenoxy) is 1. The van der Waals surface area contributed by atoms with Gasteiger partial charge in [0.25, 0.3) is 5.56 Å². The van der Waals surface area contributed by atoms with E-state index < -0.39 is 11.2 Å². The van der Waals surface area contributed by atoms with Gasteiger partial charge < -0.3 is 15.0 Å². The molecule has 0 spiro atoms. The Kier molecular flexibility index (Phi) is 7.77. The second kappa shape index (κ2) is 11.7. The molecule has 0 radical (unpaired) electrons. The Hall–Kier alpha value is -5.45. The summed E-state index contributed by atoms with van der Waals surface area (Å²) in [5.74, 6) is 1.12. The van der Waals surface area contributed by atoms with Crippen molar-refractivity contribution in [1.82, 2.24) is 28.9 Å². The number of aromatic amines is 1. The number of anilines is 1. The predicted octanol–water partition coefficient (Wildman–Crippen LogP) is 3.42. The van der Waals surface area contributed by atoms with E-state index in [0.717, 1.165) is 15.7 Å². The number of rotatable bonds is 11. The number of hydrogen-bond donors (Lipinski definition) is 2. The maximum Gasteiger partial charge on any atom is 0.333 e. The first-order valence-corrected chi connectivity index (χ1v) is 12.9. The van der Waals surface area contributed by atoms with Crippen LogP contribution in [-0.4, -0.2) is 34.8 Å². The van der Waals surface area contributed by atoms with Crippen LogP contribution in [0.3, 0.4) is 0 Å². The number of benzene rings is 2. The van der Waals surface area contributed by atoms with E-state index in [-0.39, 0.29) is 36.6 Å². The van der Waals surface area contributed by atoms with Crippen molar-refractivity contribution in [2.24, 2.45) is 7.05 Å². The number of allylic oxidation sites excluding steroid dienone is 2. The van der Waals surface area contributed by atoms with Crippen molar-refractivity contribution in [3.8, 4) is 17.3 Å². The summed E-state index contributed by atoms with van der Waals surface area (Å²) in [5, 5.41) is 7.18. The van der Waals surface area contributed by atoms with E-state index >= 15 is 0 Å². The molecule has 0 aliphatic rings. The number of amides is 1. The van der Waals surface area contributed by atoms with Crippen molar-refractivity contribution < 1.29 is 9.53 Å². The normalized spacial score (nSPS) is 11.0. The van der Waals surface area contributed by atoms with Crippen LogP contribution >= 0.6 is 0 Å². The van der Waals surface area contributed by atoms with Crippen molar-refractivity contribution in [2.75, 3.05) is 5.32 Å². The van der Waals surface area contributed by atoms with Crippen LogP contribution in [0.4, 0.5) is 5.82 Å². The molecule has 0 saturated carbocycles. The molecule has 0 aliphatic carbocycles. The molecule has 5 rings (SSSR count). The van der Waals surface area contributed by atoms with Crippen LogP contribution in [0.5, 0.6) is 5.75 Å². The number of imidazole rings is 1. The van der Waals surface area contributed by atoms with Gasteiger partial charge in [-0.25, -0.2) is 9.78 Å². The fraction of sp³-hybridized carbons (Fsp3) is 0.167. The minimum absolute atomic E-state index is 0.0600. The molecule has 11 nitrogen and oxygen atoms in total. The Morgan fingerprint density at radius 1 is 1.00 bits per heavy atom. The Morgan fingerprint density at radius 3 is 2.41 bits per heavy atom. The molecule has 208 valence electrons. The monoisotopic (exact) mass is 551 g/mol. The van der Waals surface area contributed by atoms with Gasteiger partial charge in [-0.3, -0.25) is 23.4 Å². The van der Waals surface area contributed by atoms with Crippen LogP contribution in [0, 0.1) is 0 Å². The first-order chi connectivity index (χ1) is 19.9. The molecule has 0 saturated heterocycles. The summed E-state index contributed by atoms with van der Waals surface area (Å²) in [7, 11) is 1.69. The minimum Gasteiger partial charge on any atom is -0.489 e. The van der Waals surface area contributed by atoms with E-state index in [1.807, 2.05) is 54.6 Å². The molecule has 11 heteroatoms. The van der Waals surface area contributed by atoms with Crippen LogP contribution in [0.15, 0.2) is 95.6 Å². The lowest BCUT2D eigenvalue weighted by molar-refractivity contribution is -0.115. The van der Waals surface area contributed by atoms with Crippen molar-refractivity contribution in [1.29, 1.82) is 0 Å². The van der Waals surface area contributed by atoms with Gasteiger partial charge in [-0.15, -0.1) is 13.2 Å². The van der Waals surface area contributed by atoms with Gasteiger partial charge in [0, 0.05) is 26.2 Å². The zero-order valence-corrected chi connectivity index (χ0v) is 22.5. The zero-order chi connectivity index (χ0) is 28.9. The second-order valence-corrected chi connectivity index (χ2v) is 9.35. The Bertz CT molecular complexity index is 1840. The molecule has 41 heavy (non-hydrogen) atoms. The molecular formula is C30H29N7O4. The van der Waals surface area contributed by atoms with E-state index in [9.17, 15) is 14.4 Å². The lowest BCUT2D eigenvalue weighted by Crippen LogP contribution is -2.39. The first kappa shape index (κ1) is 27.1. The van der Waals surface area contributed by atoms with Gasteiger partial charge in [0.15, 0.2) is 17.3 Å². The van der Waals surface area contributed by atoms with Gasteiger partial charge in [-0.1, -0.05) is 54.6 Å². The summed E-state index contributed by atoms with van der Waals surface area (Å²) in [4.78, 5) is 46.2. The molecule has 2 N–H and O–H groups in total. The molecule has 2 aromatic carbocycles. The lowest BCUT2D eigenvalue weighted by atomic mass is 10.1. The van der Waals surface area contributed by atoms with Crippen LogP contribution < -0.4 is 21.3 Å². The molecule has 0 unspecified atom stereocenters. The Labute approximate surface area is 235 Å². The smallest absolute Gasteiger partial charge is 0.333 e. The number of H-pyrrole nitrogens is 1. The maximum atomic E-state index is 13.0. The fourth-order valence-corrected chi connectivity index (χ4v) is 4.44. The highest BCUT2D eigenvalue weighted by Crippen LogP contribution is 2.22. The maximum absolute atomic E-state index is 13.0. The molecule has 0 bridgehead atoms. The number of nitrogens with zero attached hydrogens (tertiary/aromatic N) is 5. The summed E-state index contributed by atoms with van der Waals surface area (Å²) in [6.07, 6.45) is 3.18. The number of carbonyl (C=O) groups is 1. The molecule has 1 amide bonds. The van der Waals surface area contributed by atoms with Gasteiger partial charge in [0.2, 0.25) is 5.91 Å². The topological polar surface area (TPSA) is 129 Å². The SMILES string of the molecule is C=CCn1c(=O)c2[nH]c(-c3cc(NC(=O)Cc4ccc(OCc5ccccc5)cc4)nn3C)nc2n(CC=C)c1=O. The van der Waals surface area contributed by atoms with Crippen LogP contribution in [0.1, 0.15) is 11.1 Å². The number of hydrogen-bond acceptors (Lipinski definition) is 6. The minimum atomic E-state index is -0.505. The largest absolute Gasteiger partial charge is 0.489 e. The van der Waals surface area contributed by atoms with Gasteiger partial charge in [0.05, 0.1) is 6.42 Å². The lowest BCUT2D eigenvalue weighted by Gasteiger charge is -2.07. The average molecular weight is 552 g/mol. The molecular weight excluding hydrogens is 522 g/mol. The molecule has 5 aromatic rings. The third-order valence-electron chi connectivity index (χ3n) is 6.41. The van der Waals surface area contributed by atoms with Gasteiger partial charge >= 0.3 is 5.69 Å². The third kappa shape index (κ3) is 5.78. The highest BCUT2D eigenvalue weighted by Gasteiger charge is 2.19. The highest BCUT2D eigenvalue weighted by atomic mass is 16.5. The van der Waals surface area contributed by atoms with Gasteiger partial charge in [-0.05, 0) is 23.3 Å². The van der Waals surface area contributed by atoms with Crippen LogP contribution in [0.2, 0.25) is 0 Å². The average Bonchev–Trinajstić information content (AvgIpc) is 3.57. The van der Waals surface area contributed by atoms with E-state index in [0.29, 0.717) is 29.7 Å². The molecule has 0 atom stereocenters. The number of carbonyl (C=O) groups excluding carboxylic acids is 1. The summed E-state index contributed by atoms with van der Waals surface area (Å²) >= 11 is 0. The Balaban J connectivity index is 1.30. The molecule has 0 aliphatic heterocycles. The van der Waals surface area contributed by atoms with Crippen molar-refractivity contribution in [3.63, 3.8) is 0 Å². The Morgan fingerprint density at radius 2 is 1.71 bits per heavy atom. The summed E-state index contributed by atoms with van der Waals surface area (Å²) in [5.41, 5.74) is 1.78. The zero-order valence-electron chi connectivity index (χ0n) is 22.5. The van der Waals surface area contributed by atoms with Crippen molar-refractivity contribution in [3.05, 3.63) is 118 Å². The van der Waals surface area contributed by atoms with Crippen LogP contribution in [0.25, 0.3) is 22.7 Å². The number of nitrogens with one attached hydrogen (secondary N) is 2. The summed E-state index contributed by atoms with van der Waals surface area (Å²) in [6, 6.07) is 18.9. The van der Waals surface area contributed by atoms with E-state index in [4.69, 9.17) is 4.74 Å². The number of fused-ring (bicyclic) bond motifs is 1. The fourth-order valence-electron chi connectivity index (χ4n) is 4.44. The summed E-state index contributed by atoms with van der Waals surface area (Å²) < 4.78 is 9.79. The number of aryl methyl sites for hydroxylation is 1. The summed E-state index contributed by atoms with van der Waals surface area (Å²) in [6.45, 7) is 8.02. The van der Waals surface area contributed by atoms with E-state index in [1.54, 1.807) is 19.2 Å². The van der Waals surface area contributed by atoms with E-state index in [2.05, 4.69) is 33.5 Å². The quantitative estimate of drug-likeness (QED) is 0.242. The molecule has 0 fully saturated rings. The highest BCUT2D eigenvalue weighted by molar-refractivity contribution is 5.92. The molecule has 3 aromatic heterocycles. The van der Waals surface area contributed by atoms with Crippen LogP contribution in [-0.2, 0) is 38.0 Å². The second-order valence-electron chi connectivity index (χ2n) is 9.35. The van der Waals surface area contributed by atoms with Gasteiger partial charge in [0.1, 0.15) is 23.6 Å². The standard InChI is InChI=1S/C30H29N7O4/c1-4-15-36-28-26(29(39)37(16-5-2)30(36)40)32-27(33-28)23-18-24(34-35(23)3)31-25(38)17-20-11-13-22(14-12-20)41-19-21-9-7-6-8-10-21/h4-14,18H,1-2,15-17,19H2,3H3,(H,32,33)(H,31,34,38). The number of aromatic nitrogens is 6. The molecule has 3 heterocycles. The first-order valence-electron chi connectivity index (χ1n) is 12.9. The van der Waals surface area contributed by atoms with Crippen molar-refractivity contribution in [2.45, 2.75) is 26.1 Å².